The van der Waals surface area contributed by atoms with E-state index in [1.807, 2.05) is 0 Å². The fourth-order valence-corrected chi connectivity index (χ4v) is 1.07. The predicted octanol–water partition coefficient (Wildman–Crippen LogP) is 2.11. The largest absolute Gasteiger partial charge is 0.487 e. The van der Waals surface area contributed by atoms with Crippen LogP contribution in [0.1, 0.15) is 17.3 Å². The first-order chi connectivity index (χ1) is 7.06. The van der Waals surface area contributed by atoms with Gasteiger partial charge in [-0.2, -0.15) is 0 Å². The first kappa shape index (κ1) is 14.2. The second-order valence-corrected chi connectivity index (χ2v) is 2.68. The third kappa shape index (κ3) is 3.09. The molecular formula is C9H10ClNO5. The Morgan fingerprint density at radius 1 is 1.56 bits per heavy atom. The molecule has 0 saturated heterocycles. The summed E-state index contributed by atoms with van der Waals surface area (Å²) in [5.41, 5.74) is -0.470. The lowest BCUT2D eigenvalue weighted by molar-refractivity contribution is -0.385. The van der Waals surface area contributed by atoms with Crippen LogP contribution in [-0.4, -0.2) is 22.6 Å². The van der Waals surface area contributed by atoms with Gasteiger partial charge < -0.3 is 9.84 Å². The predicted molar refractivity (Wildman–Crippen MR) is 58.5 cm³/mol. The number of halogens is 1. The molecule has 0 unspecified atom stereocenters. The standard InChI is InChI=1S/C9H9NO5.ClH/c1-2-15-8-4-3-6(9(11)12)5-7(8)10(13)14;/h3-5H,2H2,1H3,(H,11,12);1H. The maximum absolute atomic E-state index is 10.6. The highest BCUT2D eigenvalue weighted by Gasteiger charge is 2.17. The van der Waals surface area contributed by atoms with Gasteiger partial charge in [0.1, 0.15) is 0 Å². The van der Waals surface area contributed by atoms with Crippen molar-refractivity contribution in [1.82, 2.24) is 0 Å². The van der Waals surface area contributed by atoms with Gasteiger partial charge in [0.2, 0.25) is 0 Å². The zero-order chi connectivity index (χ0) is 11.4. The number of carboxylic acids is 1. The molecule has 16 heavy (non-hydrogen) atoms. The first-order valence-electron chi connectivity index (χ1n) is 4.20. The SMILES string of the molecule is CCOc1ccc(C(=O)O)cc1[N+](=O)[O-].Cl. The molecule has 0 radical (unpaired) electrons. The van der Waals surface area contributed by atoms with Crippen molar-refractivity contribution in [2.45, 2.75) is 6.92 Å². The van der Waals surface area contributed by atoms with Crippen molar-refractivity contribution in [3.05, 3.63) is 33.9 Å². The van der Waals surface area contributed by atoms with Gasteiger partial charge in [-0.15, -0.1) is 12.4 Å². The number of hydrogen-bond acceptors (Lipinski definition) is 4. The zero-order valence-electron chi connectivity index (χ0n) is 8.37. The number of carbonyl (C=O) groups is 1. The maximum atomic E-state index is 10.6. The van der Waals surface area contributed by atoms with Gasteiger partial charge >= 0.3 is 11.7 Å². The third-order valence-corrected chi connectivity index (χ3v) is 1.70. The number of nitro benzene ring substituents is 1. The molecule has 0 heterocycles. The van der Waals surface area contributed by atoms with Gasteiger partial charge in [-0.3, -0.25) is 10.1 Å². The summed E-state index contributed by atoms with van der Waals surface area (Å²) in [6.07, 6.45) is 0. The molecule has 1 N–H and O–H groups in total. The minimum Gasteiger partial charge on any atom is -0.487 e. The van der Waals surface area contributed by atoms with Crippen LogP contribution in [0.4, 0.5) is 5.69 Å². The van der Waals surface area contributed by atoms with Crippen LogP contribution in [0.2, 0.25) is 0 Å². The van der Waals surface area contributed by atoms with E-state index in [1.165, 1.54) is 12.1 Å². The number of nitrogens with zero attached hydrogens (tertiary/aromatic N) is 1. The zero-order valence-corrected chi connectivity index (χ0v) is 9.19. The molecule has 0 atom stereocenters. The van der Waals surface area contributed by atoms with E-state index >= 15 is 0 Å². The summed E-state index contributed by atoms with van der Waals surface area (Å²) in [5.74, 6) is -1.13. The van der Waals surface area contributed by atoms with Crippen molar-refractivity contribution in [3.63, 3.8) is 0 Å². The van der Waals surface area contributed by atoms with E-state index in [1.54, 1.807) is 6.92 Å². The Morgan fingerprint density at radius 3 is 2.62 bits per heavy atom. The van der Waals surface area contributed by atoms with Crippen LogP contribution >= 0.6 is 12.4 Å². The van der Waals surface area contributed by atoms with E-state index in [0.29, 0.717) is 0 Å². The monoisotopic (exact) mass is 247 g/mol. The summed E-state index contributed by atoms with van der Waals surface area (Å²) in [4.78, 5) is 20.5. The van der Waals surface area contributed by atoms with Crippen molar-refractivity contribution in [2.75, 3.05) is 6.61 Å². The molecule has 0 aliphatic rings. The molecule has 0 fully saturated rings. The molecule has 1 rings (SSSR count). The van der Waals surface area contributed by atoms with Crippen LogP contribution in [0.3, 0.4) is 0 Å². The van der Waals surface area contributed by atoms with Gasteiger partial charge in [0.05, 0.1) is 17.1 Å². The molecule has 0 aliphatic heterocycles. The average Bonchev–Trinajstić information content (AvgIpc) is 2.18. The lowest BCUT2D eigenvalue weighted by atomic mass is 10.2. The molecule has 6 nitrogen and oxygen atoms in total. The maximum Gasteiger partial charge on any atom is 0.335 e. The van der Waals surface area contributed by atoms with Crippen molar-refractivity contribution in [2.24, 2.45) is 0 Å². The van der Waals surface area contributed by atoms with Crippen LogP contribution in [0.5, 0.6) is 5.75 Å². The summed E-state index contributed by atoms with van der Waals surface area (Å²) in [7, 11) is 0. The molecule has 7 heteroatoms. The van der Waals surface area contributed by atoms with Gasteiger partial charge in [-0.05, 0) is 19.1 Å². The Bertz CT molecular complexity index is 407. The average molecular weight is 248 g/mol. The van der Waals surface area contributed by atoms with E-state index in [2.05, 4.69) is 0 Å². The van der Waals surface area contributed by atoms with Gasteiger partial charge in [-0.25, -0.2) is 4.79 Å². The minimum absolute atomic E-state index is 0. The highest BCUT2D eigenvalue weighted by atomic mass is 35.5. The molecule has 0 amide bonds. The Labute approximate surface area is 97.4 Å². The normalized spacial score (nSPS) is 9.06. The molecule has 0 saturated carbocycles. The second kappa shape index (κ2) is 5.92. The summed E-state index contributed by atoms with van der Waals surface area (Å²) in [6.45, 7) is 1.97. The number of nitro groups is 1. The quantitative estimate of drug-likeness (QED) is 0.650. The van der Waals surface area contributed by atoms with Gasteiger partial charge in [0.15, 0.2) is 5.75 Å². The van der Waals surface area contributed by atoms with Crippen molar-refractivity contribution in [1.29, 1.82) is 0 Å². The number of hydrogen-bond donors (Lipinski definition) is 1. The summed E-state index contributed by atoms with van der Waals surface area (Å²) in [5, 5.41) is 19.3. The van der Waals surface area contributed by atoms with E-state index in [4.69, 9.17) is 9.84 Å². The lowest BCUT2D eigenvalue weighted by Crippen LogP contribution is -2.01. The van der Waals surface area contributed by atoms with E-state index < -0.39 is 10.9 Å². The summed E-state index contributed by atoms with van der Waals surface area (Å²) < 4.78 is 5.00. The summed E-state index contributed by atoms with van der Waals surface area (Å²) >= 11 is 0. The minimum atomic E-state index is -1.21. The van der Waals surface area contributed by atoms with Crippen molar-refractivity contribution in [3.8, 4) is 5.75 Å². The van der Waals surface area contributed by atoms with Gasteiger partial charge in [0.25, 0.3) is 0 Å². The number of ether oxygens (including phenoxy) is 1. The fraction of sp³-hybridized carbons (Fsp3) is 0.222. The van der Waals surface area contributed by atoms with E-state index in [-0.39, 0.29) is 36.0 Å². The molecule has 0 spiro atoms. The Kier molecular flexibility index (Phi) is 5.24. The van der Waals surface area contributed by atoms with Gasteiger partial charge in [-0.1, -0.05) is 0 Å². The number of carboxylic acid groups (broad SMARTS) is 1. The molecule has 0 bridgehead atoms. The smallest absolute Gasteiger partial charge is 0.335 e. The molecule has 1 aromatic carbocycles. The Morgan fingerprint density at radius 2 is 2.19 bits per heavy atom. The third-order valence-electron chi connectivity index (χ3n) is 1.70. The van der Waals surface area contributed by atoms with Crippen LogP contribution in [-0.2, 0) is 0 Å². The Hall–Kier alpha value is -1.82. The summed E-state index contributed by atoms with van der Waals surface area (Å²) in [6, 6.07) is 3.53. The van der Waals surface area contributed by atoms with Crippen LogP contribution < -0.4 is 4.74 Å². The van der Waals surface area contributed by atoms with Crippen LogP contribution in [0.15, 0.2) is 18.2 Å². The number of rotatable bonds is 4. The van der Waals surface area contributed by atoms with Crippen LogP contribution in [0, 0.1) is 10.1 Å². The lowest BCUT2D eigenvalue weighted by Gasteiger charge is -2.04. The van der Waals surface area contributed by atoms with Crippen molar-refractivity contribution < 1.29 is 19.6 Å². The number of benzene rings is 1. The van der Waals surface area contributed by atoms with E-state index in [9.17, 15) is 14.9 Å². The fourth-order valence-electron chi connectivity index (χ4n) is 1.07. The van der Waals surface area contributed by atoms with Crippen molar-refractivity contribution >= 4 is 24.1 Å². The highest BCUT2D eigenvalue weighted by molar-refractivity contribution is 5.88. The molecule has 0 aliphatic carbocycles. The molecular weight excluding hydrogens is 238 g/mol. The van der Waals surface area contributed by atoms with Gasteiger partial charge in [0, 0.05) is 6.07 Å². The second-order valence-electron chi connectivity index (χ2n) is 2.68. The molecule has 0 aromatic heterocycles. The topological polar surface area (TPSA) is 89.7 Å². The molecule has 88 valence electrons. The number of aromatic carboxylic acids is 1. The first-order valence-corrected chi connectivity index (χ1v) is 4.20. The Balaban J connectivity index is 0.00000225. The highest BCUT2D eigenvalue weighted by Crippen LogP contribution is 2.27. The molecule has 1 aromatic rings. The van der Waals surface area contributed by atoms with Crippen LogP contribution in [0.25, 0.3) is 0 Å². The van der Waals surface area contributed by atoms with E-state index in [0.717, 1.165) is 6.07 Å².